The second-order valence-corrected chi connectivity index (χ2v) is 6.34. The number of aliphatic carboxylic acids is 1. The molecule has 2 rings (SSSR count). The van der Waals surface area contributed by atoms with Gasteiger partial charge in [0.1, 0.15) is 12.4 Å². The van der Waals surface area contributed by atoms with Crippen molar-refractivity contribution in [1.82, 2.24) is 14.8 Å². The molecule has 9 nitrogen and oxygen atoms in total. The van der Waals surface area contributed by atoms with E-state index in [1.54, 1.807) is 17.0 Å². The van der Waals surface area contributed by atoms with E-state index in [0.717, 1.165) is 5.82 Å². The SMILES string of the molecule is CC(=O)N(CC(=O)O)CC1CN(C(=O)c2ccc(N(C)C)nc2)CCO1. The van der Waals surface area contributed by atoms with Crippen molar-refractivity contribution in [3.8, 4) is 0 Å². The van der Waals surface area contributed by atoms with Crippen LogP contribution in [0.25, 0.3) is 0 Å². The molecule has 1 N–H and O–H groups in total. The van der Waals surface area contributed by atoms with Crippen LogP contribution in [0.3, 0.4) is 0 Å². The summed E-state index contributed by atoms with van der Waals surface area (Å²) in [5.41, 5.74) is 0.477. The highest BCUT2D eigenvalue weighted by Crippen LogP contribution is 2.14. The highest BCUT2D eigenvalue weighted by atomic mass is 16.5. The van der Waals surface area contributed by atoms with Crippen molar-refractivity contribution in [3.05, 3.63) is 23.9 Å². The van der Waals surface area contributed by atoms with Gasteiger partial charge in [0.15, 0.2) is 0 Å². The summed E-state index contributed by atoms with van der Waals surface area (Å²) in [6.45, 7) is 2.11. The molecule has 0 saturated carbocycles. The molecule has 142 valence electrons. The Kier molecular flexibility index (Phi) is 6.51. The predicted octanol–water partition coefficient (Wildman–Crippen LogP) is -0.0783. The maximum Gasteiger partial charge on any atom is 0.323 e. The molecule has 0 aliphatic carbocycles. The van der Waals surface area contributed by atoms with E-state index in [0.29, 0.717) is 18.7 Å². The van der Waals surface area contributed by atoms with Gasteiger partial charge in [-0.05, 0) is 12.1 Å². The summed E-state index contributed by atoms with van der Waals surface area (Å²) in [7, 11) is 3.74. The maximum absolute atomic E-state index is 12.7. The lowest BCUT2D eigenvalue weighted by molar-refractivity contribution is -0.145. The molecule has 1 atom stereocenters. The zero-order valence-corrected chi connectivity index (χ0v) is 15.2. The Morgan fingerprint density at radius 3 is 2.62 bits per heavy atom. The molecular formula is C17H24N4O5. The first-order chi connectivity index (χ1) is 12.3. The number of aromatic nitrogens is 1. The molecule has 1 unspecified atom stereocenters. The zero-order chi connectivity index (χ0) is 19.3. The summed E-state index contributed by atoms with van der Waals surface area (Å²) in [5, 5.41) is 8.90. The molecule has 1 saturated heterocycles. The summed E-state index contributed by atoms with van der Waals surface area (Å²) in [6.07, 6.45) is 1.11. The topological polar surface area (TPSA) is 103 Å². The van der Waals surface area contributed by atoms with Gasteiger partial charge in [-0.3, -0.25) is 14.4 Å². The van der Waals surface area contributed by atoms with Gasteiger partial charge in [0.05, 0.1) is 18.3 Å². The highest BCUT2D eigenvalue weighted by Gasteiger charge is 2.28. The standard InChI is InChI=1S/C17H24N4O5/c1-12(22)21(11-16(23)24)10-14-9-20(6-7-26-14)17(25)13-4-5-15(18-8-13)19(2)3/h4-5,8,14H,6-7,9-11H2,1-3H3,(H,23,24). The number of hydrogen-bond donors (Lipinski definition) is 1. The molecule has 2 heterocycles. The van der Waals surface area contributed by atoms with E-state index in [1.807, 2.05) is 19.0 Å². The number of carboxylic acid groups (broad SMARTS) is 1. The molecule has 26 heavy (non-hydrogen) atoms. The van der Waals surface area contributed by atoms with Crippen LogP contribution in [0.2, 0.25) is 0 Å². The number of carbonyl (C=O) groups is 3. The Bertz CT molecular complexity index is 662. The number of rotatable bonds is 6. The number of amides is 2. The fourth-order valence-electron chi connectivity index (χ4n) is 2.69. The Hall–Kier alpha value is -2.68. The number of pyridine rings is 1. The second kappa shape index (κ2) is 8.61. The first-order valence-corrected chi connectivity index (χ1v) is 8.29. The molecule has 1 aromatic rings. The van der Waals surface area contributed by atoms with Gasteiger partial charge in [-0.2, -0.15) is 0 Å². The third-order valence-corrected chi connectivity index (χ3v) is 4.07. The van der Waals surface area contributed by atoms with E-state index in [9.17, 15) is 14.4 Å². The Labute approximate surface area is 152 Å². The molecule has 1 aliphatic rings. The molecule has 1 aliphatic heterocycles. The lowest BCUT2D eigenvalue weighted by atomic mass is 10.2. The Morgan fingerprint density at radius 1 is 1.35 bits per heavy atom. The molecule has 0 aromatic carbocycles. The van der Waals surface area contributed by atoms with Crippen LogP contribution in [0.1, 0.15) is 17.3 Å². The number of carboxylic acids is 1. The predicted molar refractivity (Wildman–Crippen MR) is 94.1 cm³/mol. The number of hydrogen-bond acceptors (Lipinski definition) is 6. The average molecular weight is 364 g/mol. The summed E-state index contributed by atoms with van der Waals surface area (Å²) in [5.74, 6) is -0.838. The molecule has 0 bridgehead atoms. The first kappa shape index (κ1) is 19.6. The van der Waals surface area contributed by atoms with Gasteiger partial charge in [-0.15, -0.1) is 0 Å². The van der Waals surface area contributed by atoms with Crippen molar-refractivity contribution in [3.63, 3.8) is 0 Å². The quantitative estimate of drug-likeness (QED) is 0.753. The van der Waals surface area contributed by atoms with Gasteiger partial charge in [0, 0.05) is 46.9 Å². The minimum Gasteiger partial charge on any atom is -0.480 e. The van der Waals surface area contributed by atoms with Crippen LogP contribution in [0, 0.1) is 0 Å². The van der Waals surface area contributed by atoms with Crippen molar-refractivity contribution < 1.29 is 24.2 Å². The second-order valence-electron chi connectivity index (χ2n) is 6.34. The fraction of sp³-hybridized carbons (Fsp3) is 0.529. The fourth-order valence-corrected chi connectivity index (χ4v) is 2.69. The van der Waals surface area contributed by atoms with Crippen LogP contribution in [0.15, 0.2) is 18.3 Å². The van der Waals surface area contributed by atoms with Crippen molar-refractivity contribution in [1.29, 1.82) is 0 Å². The van der Waals surface area contributed by atoms with Gasteiger partial charge in [-0.25, -0.2) is 4.98 Å². The molecule has 1 fully saturated rings. The van der Waals surface area contributed by atoms with Crippen molar-refractivity contribution in [2.45, 2.75) is 13.0 Å². The normalized spacial score (nSPS) is 16.9. The number of morpholine rings is 1. The van der Waals surface area contributed by atoms with Gasteiger partial charge >= 0.3 is 5.97 Å². The van der Waals surface area contributed by atoms with Gasteiger partial charge in [0.25, 0.3) is 5.91 Å². The number of carbonyl (C=O) groups excluding carboxylic acids is 2. The van der Waals surface area contributed by atoms with Crippen LogP contribution in [0.4, 0.5) is 5.82 Å². The van der Waals surface area contributed by atoms with Crippen LogP contribution >= 0.6 is 0 Å². The number of ether oxygens (including phenoxy) is 1. The minimum absolute atomic E-state index is 0.128. The molecule has 9 heteroatoms. The molecular weight excluding hydrogens is 340 g/mol. The smallest absolute Gasteiger partial charge is 0.323 e. The third kappa shape index (κ3) is 5.16. The lowest BCUT2D eigenvalue weighted by Crippen LogP contribution is -2.51. The molecule has 2 amide bonds. The van der Waals surface area contributed by atoms with E-state index in [4.69, 9.17) is 9.84 Å². The highest BCUT2D eigenvalue weighted by molar-refractivity contribution is 5.94. The van der Waals surface area contributed by atoms with Crippen LogP contribution in [-0.4, -0.2) is 90.7 Å². The van der Waals surface area contributed by atoms with E-state index in [1.165, 1.54) is 18.0 Å². The Balaban J connectivity index is 2.01. The van der Waals surface area contributed by atoms with E-state index in [2.05, 4.69) is 4.98 Å². The third-order valence-electron chi connectivity index (χ3n) is 4.07. The van der Waals surface area contributed by atoms with Crippen LogP contribution in [0.5, 0.6) is 0 Å². The van der Waals surface area contributed by atoms with Crippen molar-refractivity contribution in [2.75, 3.05) is 51.8 Å². The number of nitrogens with zero attached hydrogens (tertiary/aromatic N) is 4. The number of anilines is 1. The molecule has 0 spiro atoms. The average Bonchev–Trinajstić information content (AvgIpc) is 2.60. The summed E-state index contributed by atoms with van der Waals surface area (Å²) in [6, 6.07) is 3.50. The van der Waals surface area contributed by atoms with Gasteiger partial charge < -0.3 is 24.5 Å². The first-order valence-electron chi connectivity index (χ1n) is 8.29. The van der Waals surface area contributed by atoms with Gasteiger partial charge in [-0.1, -0.05) is 0 Å². The van der Waals surface area contributed by atoms with Crippen molar-refractivity contribution in [2.24, 2.45) is 0 Å². The summed E-state index contributed by atoms with van der Waals surface area (Å²) < 4.78 is 5.60. The van der Waals surface area contributed by atoms with Crippen LogP contribution < -0.4 is 4.90 Å². The lowest BCUT2D eigenvalue weighted by Gasteiger charge is -2.35. The van der Waals surface area contributed by atoms with E-state index < -0.39 is 12.1 Å². The zero-order valence-electron chi connectivity index (χ0n) is 15.2. The maximum atomic E-state index is 12.7. The molecule has 1 aromatic heterocycles. The minimum atomic E-state index is -1.09. The van der Waals surface area contributed by atoms with E-state index in [-0.39, 0.29) is 31.4 Å². The van der Waals surface area contributed by atoms with E-state index >= 15 is 0 Å². The van der Waals surface area contributed by atoms with Gasteiger partial charge in [0.2, 0.25) is 5.91 Å². The summed E-state index contributed by atoms with van der Waals surface area (Å²) >= 11 is 0. The molecule has 0 radical (unpaired) electrons. The largest absolute Gasteiger partial charge is 0.480 e. The van der Waals surface area contributed by atoms with Crippen LogP contribution in [-0.2, 0) is 14.3 Å². The Morgan fingerprint density at radius 2 is 2.08 bits per heavy atom. The summed E-state index contributed by atoms with van der Waals surface area (Å²) in [4.78, 5) is 44.1. The monoisotopic (exact) mass is 364 g/mol. The van der Waals surface area contributed by atoms with Crippen molar-refractivity contribution >= 4 is 23.6 Å².